The van der Waals surface area contributed by atoms with Crippen LogP contribution < -0.4 is 0 Å². The third kappa shape index (κ3) is 1.36. The van der Waals surface area contributed by atoms with Gasteiger partial charge >= 0.3 is 0 Å². The summed E-state index contributed by atoms with van der Waals surface area (Å²) in [6, 6.07) is 5.95. The fourth-order valence-electron chi connectivity index (χ4n) is 0.981. The maximum Gasteiger partial charge on any atom is 0.169 e. The summed E-state index contributed by atoms with van der Waals surface area (Å²) < 4.78 is 0. The molecular weight excluding hydrogens is 168 g/mol. The Balaban J connectivity index is 2.45. The highest BCUT2D eigenvalue weighted by atomic mass is 32.1. The van der Waals surface area contributed by atoms with Gasteiger partial charge in [-0.15, -0.1) is 11.3 Å². The van der Waals surface area contributed by atoms with Gasteiger partial charge in [-0.25, -0.2) is 9.97 Å². The molecule has 0 aromatic carbocycles. The number of hydrogen-bond acceptors (Lipinski definition) is 3. The average Bonchev–Trinajstić information content (AvgIpc) is 2.54. The van der Waals surface area contributed by atoms with Crippen LogP contribution in [0.5, 0.6) is 0 Å². The van der Waals surface area contributed by atoms with E-state index in [-0.39, 0.29) is 0 Å². The third-order valence-electron chi connectivity index (χ3n) is 1.53. The second-order valence-electron chi connectivity index (χ2n) is 2.48. The maximum atomic E-state index is 4.16. The fraction of sp³-hybridized carbons (Fsp3) is 0.111. The zero-order chi connectivity index (χ0) is 8.39. The van der Waals surface area contributed by atoms with Crippen molar-refractivity contribution in [2.24, 2.45) is 0 Å². The number of hydrogen-bond donors (Lipinski definition) is 0. The largest absolute Gasteiger partial charge is 0.236 e. The second kappa shape index (κ2) is 3.03. The lowest BCUT2D eigenvalue weighted by molar-refractivity contribution is 1.19. The van der Waals surface area contributed by atoms with E-state index in [1.165, 1.54) is 4.88 Å². The first kappa shape index (κ1) is 7.43. The van der Waals surface area contributed by atoms with Crippen LogP contribution in [0.3, 0.4) is 0 Å². The molecule has 0 saturated carbocycles. The lowest BCUT2D eigenvalue weighted by atomic mass is 10.4. The van der Waals surface area contributed by atoms with Crippen molar-refractivity contribution in [3.8, 4) is 10.7 Å². The molecule has 0 saturated heterocycles. The first-order valence-corrected chi connectivity index (χ1v) is 4.52. The van der Waals surface area contributed by atoms with E-state index < -0.39 is 0 Å². The molecule has 0 fully saturated rings. The highest BCUT2D eigenvalue weighted by molar-refractivity contribution is 7.15. The molecule has 2 nitrogen and oxygen atoms in total. The predicted molar refractivity (Wildman–Crippen MR) is 50.1 cm³/mol. The Kier molecular flexibility index (Phi) is 1.87. The molecule has 12 heavy (non-hydrogen) atoms. The molecule has 0 aliphatic carbocycles. The Morgan fingerprint density at radius 1 is 1.17 bits per heavy atom. The van der Waals surface area contributed by atoms with Crippen molar-refractivity contribution >= 4 is 11.3 Å². The summed E-state index contributed by atoms with van der Waals surface area (Å²) >= 11 is 1.72. The van der Waals surface area contributed by atoms with Gasteiger partial charge in [0, 0.05) is 17.3 Å². The van der Waals surface area contributed by atoms with Gasteiger partial charge < -0.3 is 0 Å². The molecule has 0 radical (unpaired) electrons. The van der Waals surface area contributed by atoms with E-state index in [0.717, 1.165) is 10.7 Å². The number of aromatic nitrogens is 2. The van der Waals surface area contributed by atoms with E-state index in [2.05, 4.69) is 29.0 Å². The summed E-state index contributed by atoms with van der Waals surface area (Å²) in [6.45, 7) is 2.08. The van der Waals surface area contributed by atoms with E-state index in [1.807, 2.05) is 6.07 Å². The molecule has 2 rings (SSSR count). The first-order chi connectivity index (χ1) is 5.86. The molecule has 0 atom stereocenters. The van der Waals surface area contributed by atoms with Crippen LogP contribution in [-0.4, -0.2) is 9.97 Å². The van der Waals surface area contributed by atoms with Crippen molar-refractivity contribution < 1.29 is 0 Å². The standard InChI is InChI=1S/C9H8N2S/c1-7-3-4-8(12-7)9-10-5-2-6-11-9/h2-6H,1H3. The Hall–Kier alpha value is -1.22. The summed E-state index contributed by atoms with van der Waals surface area (Å²) in [7, 11) is 0. The SMILES string of the molecule is Cc1ccc(-c2ncccn2)s1. The lowest BCUT2D eigenvalue weighted by Gasteiger charge is -1.91. The quantitative estimate of drug-likeness (QED) is 0.667. The summed E-state index contributed by atoms with van der Waals surface area (Å²) in [6.07, 6.45) is 3.52. The molecule has 60 valence electrons. The van der Waals surface area contributed by atoms with Gasteiger partial charge in [0.15, 0.2) is 5.82 Å². The summed E-state index contributed by atoms with van der Waals surface area (Å²) in [4.78, 5) is 10.7. The van der Waals surface area contributed by atoms with E-state index in [0.29, 0.717) is 0 Å². The van der Waals surface area contributed by atoms with Crippen molar-refractivity contribution in [2.45, 2.75) is 6.92 Å². The van der Waals surface area contributed by atoms with Crippen molar-refractivity contribution in [3.63, 3.8) is 0 Å². The molecule has 0 unspecified atom stereocenters. The maximum absolute atomic E-state index is 4.16. The molecular formula is C9H8N2S. The van der Waals surface area contributed by atoms with Gasteiger partial charge in [0.25, 0.3) is 0 Å². The van der Waals surface area contributed by atoms with Crippen molar-refractivity contribution in [3.05, 3.63) is 35.5 Å². The lowest BCUT2D eigenvalue weighted by Crippen LogP contribution is -1.81. The zero-order valence-corrected chi connectivity index (χ0v) is 7.51. The Morgan fingerprint density at radius 3 is 2.50 bits per heavy atom. The van der Waals surface area contributed by atoms with Crippen LogP contribution in [0.15, 0.2) is 30.6 Å². The Labute approximate surface area is 74.9 Å². The number of aryl methyl sites for hydroxylation is 1. The minimum Gasteiger partial charge on any atom is -0.236 e. The van der Waals surface area contributed by atoms with E-state index in [9.17, 15) is 0 Å². The van der Waals surface area contributed by atoms with E-state index in [1.54, 1.807) is 23.7 Å². The minimum absolute atomic E-state index is 0.815. The fourth-order valence-corrected chi connectivity index (χ4v) is 1.80. The molecule has 0 N–H and O–H groups in total. The van der Waals surface area contributed by atoms with Gasteiger partial charge in [-0.05, 0) is 25.1 Å². The van der Waals surface area contributed by atoms with E-state index in [4.69, 9.17) is 0 Å². The third-order valence-corrected chi connectivity index (χ3v) is 2.52. The Bertz CT molecular complexity index is 367. The van der Waals surface area contributed by atoms with Gasteiger partial charge in [0.05, 0.1) is 4.88 Å². The van der Waals surface area contributed by atoms with Crippen LogP contribution in [-0.2, 0) is 0 Å². The van der Waals surface area contributed by atoms with Crippen LogP contribution >= 0.6 is 11.3 Å². The molecule has 0 spiro atoms. The number of rotatable bonds is 1. The van der Waals surface area contributed by atoms with Crippen LogP contribution in [0.4, 0.5) is 0 Å². The van der Waals surface area contributed by atoms with Crippen LogP contribution in [0.2, 0.25) is 0 Å². The van der Waals surface area contributed by atoms with Crippen molar-refractivity contribution in [1.29, 1.82) is 0 Å². The van der Waals surface area contributed by atoms with Crippen LogP contribution in [0, 0.1) is 6.92 Å². The van der Waals surface area contributed by atoms with Gasteiger partial charge in [-0.2, -0.15) is 0 Å². The van der Waals surface area contributed by atoms with E-state index >= 15 is 0 Å². The zero-order valence-electron chi connectivity index (χ0n) is 6.69. The predicted octanol–water partition coefficient (Wildman–Crippen LogP) is 2.51. The second-order valence-corrected chi connectivity index (χ2v) is 3.77. The minimum atomic E-state index is 0.815. The van der Waals surface area contributed by atoms with Gasteiger partial charge in [-0.3, -0.25) is 0 Å². The molecule has 0 bridgehead atoms. The van der Waals surface area contributed by atoms with Gasteiger partial charge in [0.2, 0.25) is 0 Å². The van der Waals surface area contributed by atoms with Gasteiger partial charge in [0.1, 0.15) is 0 Å². The average molecular weight is 176 g/mol. The van der Waals surface area contributed by atoms with Crippen molar-refractivity contribution in [2.75, 3.05) is 0 Å². The van der Waals surface area contributed by atoms with Crippen LogP contribution in [0.25, 0.3) is 10.7 Å². The highest BCUT2D eigenvalue weighted by Gasteiger charge is 2.00. The number of thiophene rings is 1. The number of nitrogens with zero attached hydrogens (tertiary/aromatic N) is 2. The highest BCUT2D eigenvalue weighted by Crippen LogP contribution is 2.23. The first-order valence-electron chi connectivity index (χ1n) is 3.70. The molecule has 0 aliphatic heterocycles. The Morgan fingerprint density at radius 2 is 1.92 bits per heavy atom. The van der Waals surface area contributed by atoms with Crippen molar-refractivity contribution in [1.82, 2.24) is 9.97 Å². The smallest absolute Gasteiger partial charge is 0.169 e. The summed E-state index contributed by atoms with van der Waals surface area (Å²) in [5.41, 5.74) is 0. The van der Waals surface area contributed by atoms with Gasteiger partial charge in [-0.1, -0.05) is 0 Å². The molecule has 2 aromatic rings. The molecule has 2 heterocycles. The summed E-state index contributed by atoms with van der Waals surface area (Å²) in [5, 5.41) is 0. The summed E-state index contributed by atoms with van der Waals surface area (Å²) in [5.74, 6) is 0.815. The molecule has 0 aliphatic rings. The monoisotopic (exact) mass is 176 g/mol. The topological polar surface area (TPSA) is 25.8 Å². The van der Waals surface area contributed by atoms with Crippen LogP contribution in [0.1, 0.15) is 4.88 Å². The normalized spacial score (nSPS) is 10.1. The molecule has 3 heteroatoms. The molecule has 2 aromatic heterocycles. The molecule has 0 amide bonds.